The van der Waals surface area contributed by atoms with Crippen LogP contribution in [0.2, 0.25) is 0 Å². The molecule has 9 heteroatoms. The van der Waals surface area contributed by atoms with Crippen LogP contribution in [0.5, 0.6) is 0 Å². The van der Waals surface area contributed by atoms with Gasteiger partial charge in [0.1, 0.15) is 5.82 Å². The van der Waals surface area contributed by atoms with Crippen molar-refractivity contribution in [2.24, 2.45) is 5.10 Å². The number of hydrazone groups is 1. The first-order valence-corrected chi connectivity index (χ1v) is 11.1. The van der Waals surface area contributed by atoms with Crippen molar-refractivity contribution in [2.75, 3.05) is 36.6 Å². The van der Waals surface area contributed by atoms with Gasteiger partial charge in [-0.05, 0) is 24.3 Å². The van der Waals surface area contributed by atoms with Gasteiger partial charge >= 0.3 is 0 Å². The van der Waals surface area contributed by atoms with E-state index in [-0.39, 0.29) is 0 Å². The van der Waals surface area contributed by atoms with Gasteiger partial charge in [-0.15, -0.1) is 0 Å². The molecule has 1 aliphatic rings. The van der Waals surface area contributed by atoms with Crippen molar-refractivity contribution >= 4 is 34.4 Å². The van der Waals surface area contributed by atoms with Crippen molar-refractivity contribution in [1.29, 1.82) is 0 Å². The van der Waals surface area contributed by atoms with E-state index in [1.54, 1.807) is 24.8 Å². The van der Waals surface area contributed by atoms with Crippen molar-refractivity contribution < 1.29 is 4.74 Å². The lowest BCUT2D eigenvalue weighted by Gasteiger charge is -2.29. The van der Waals surface area contributed by atoms with Crippen molar-refractivity contribution in [2.45, 2.75) is 0 Å². The summed E-state index contributed by atoms with van der Waals surface area (Å²) in [5, 5.41) is 10.4. The number of para-hydroxylation sites is 1. The van der Waals surface area contributed by atoms with Gasteiger partial charge < -0.3 is 9.64 Å². The van der Waals surface area contributed by atoms with Crippen LogP contribution in [0.3, 0.4) is 0 Å². The molecule has 1 aromatic carbocycles. The first-order valence-electron chi connectivity index (χ1n) is 11.1. The third kappa shape index (κ3) is 3.93. The molecule has 0 unspecified atom stereocenters. The first kappa shape index (κ1) is 20.3. The van der Waals surface area contributed by atoms with Crippen molar-refractivity contribution in [1.82, 2.24) is 24.6 Å². The maximum Gasteiger partial charge on any atom is 0.160 e. The van der Waals surface area contributed by atoms with Gasteiger partial charge in [-0.1, -0.05) is 18.2 Å². The maximum absolute atomic E-state index is 5.55. The molecule has 0 spiro atoms. The Hall–Kier alpha value is -4.37. The van der Waals surface area contributed by atoms with Gasteiger partial charge in [0.15, 0.2) is 11.5 Å². The molecule has 0 radical (unpaired) electrons. The van der Waals surface area contributed by atoms with Crippen LogP contribution in [-0.2, 0) is 4.74 Å². The second kappa shape index (κ2) is 8.87. The number of morpholine rings is 1. The molecule has 0 amide bonds. The molecule has 4 aromatic heterocycles. The monoisotopic (exact) mass is 450 g/mol. The third-order valence-corrected chi connectivity index (χ3v) is 5.79. The number of nitrogens with zero attached hydrogens (tertiary/aromatic N) is 7. The minimum Gasteiger partial charge on any atom is -0.378 e. The maximum atomic E-state index is 5.55. The van der Waals surface area contributed by atoms with Gasteiger partial charge in [0.25, 0.3) is 0 Å². The van der Waals surface area contributed by atoms with Crippen molar-refractivity contribution in [3.05, 3.63) is 78.8 Å². The molecule has 5 heterocycles. The lowest BCUT2D eigenvalue weighted by Crippen LogP contribution is -2.37. The molecule has 1 N–H and O–H groups in total. The quantitative estimate of drug-likeness (QED) is 0.323. The highest BCUT2D eigenvalue weighted by Crippen LogP contribution is 2.25. The number of rotatable bonds is 5. The van der Waals surface area contributed by atoms with Gasteiger partial charge in [-0.25, -0.2) is 4.98 Å². The summed E-state index contributed by atoms with van der Waals surface area (Å²) in [4.78, 5) is 15.5. The van der Waals surface area contributed by atoms with E-state index in [2.05, 4.69) is 25.4 Å². The van der Waals surface area contributed by atoms with Crippen LogP contribution in [0.1, 0.15) is 5.56 Å². The summed E-state index contributed by atoms with van der Waals surface area (Å²) in [6.07, 6.45) is 7.11. The summed E-state index contributed by atoms with van der Waals surface area (Å²) in [6.45, 7) is 2.93. The Bertz CT molecular complexity index is 1470. The second-order valence-corrected chi connectivity index (χ2v) is 7.92. The Labute approximate surface area is 195 Å². The Morgan fingerprint density at radius 3 is 2.71 bits per heavy atom. The Morgan fingerprint density at radius 1 is 0.971 bits per heavy atom. The van der Waals surface area contributed by atoms with Crippen LogP contribution in [-0.4, -0.2) is 57.1 Å². The lowest BCUT2D eigenvalue weighted by atomic mass is 10.1. The van der Waals surface area contributed by atoms with E-state index in [4.69, 9.17) is 14.8 Å². The van der Waals surface area contributed by atoms with E-state index >= 15 is 0 Å². The van der Waals surface area contributed by atoms with E-state index in [0.29, 0.717) is 19.0 Å². The van der Waals surface area contributed by atoms with E-state index in [1.807, 2.05) is 59.1 Å². The van der Waals surface area contributed by atoms with Crippen LogP contribution in [0.15, 0.2) is 78.3 Å². The van der Waals surface area contributed by atoms with E-state index < -0.39 is 0 Å². The molecule has 9 nitrogen and oxygen atoms in total. The molecule has 5 aromatic rings. The Kier molecular flexibility index (Phi) is 5.29. The fourth-order valence-corrected chi connectivity index (χ4v) is 4.10. The zero-order valence-corrected chi connectivity index (χ0v) is 18.4. The topological polar surface area (TPSA) is 92.8 Å². The zero-order valence-electron chi connectivity index (χ0n) is 18.4. The molecule has 1 aliphatic heterocycles. The number of pyridine rings is 2. The van der Waals surface area contributed by atoms with Gasteiger partial charge in [0, 0.05) is 60.3 Å². The number of nitrogens with one attached hydrogen (secondary N) is 1. The molecule has 6 rings (SSSR count). The molecule has 0 saturated carbocycles. The van der Waals surface area contributed by atoms with Gasteiger partial charge in [-0.2, -0.15) is 14.7 Å². The van der Waals surface area contributed by atoms with Crippen molar-refractivity contribution in [3.8, 4) is 11.3 Å². The summed E-state index contributed by atoms with van der Waals surface area (Å²) >= 11 is 0. The number of benzene rings is 1. The highest BCUT2D eigenvalue weighted by Gasteiger charge is 2.18. The molecule has 0 bridgehead atoms. The minimum absolute atomic E-state index is 0.643. The molecule has 34 heavy (non-hydrogen) atoms. The molecule has 1 fully saturated rings. The fourth-order valence-electron chi connectivity index (χ4n) is 4.10. The summed E-state index contributed by atoms with van der Waals surface area (Å²) in [7, 11) is 0. The third-order valence-electron chi connectivity index (χ3n) is 5.79. The largest absolute Gasteiger partial charge is 0.378 e. The number of aromatic nitrogens is 5. The molecule has 1 saturated heterocycles. The summed E-state index contributed by atoms with van der Waals surface area (Å²) in [5.74, 6) is 1.59. The van der Waals surface area contributed by atoms with Gasteiger partial charge in [0.2, 0.25) is 0 Å². The van der Waals surface area contributed by atoms with Gasteiger partial charge in [-0.3, -0.25) is 15.4 Å². The van der Waals surface area contributed by atoms with Crippen LogP contribution in [0.4, 0.5) is 11.6 Å². The average Bonchev–Trinajstić information content (AvgIpc) is 3.34. The predicted octanol–water partition coefficient (Wildman–Crippen LogP) is 3.62. The first-order chi connectivity index (χ1) is 16.8. The van der Waals surface area contributed by atoms with Crippen LogP contribution >= 0.6 is 0 Å². The average molecular weight is 451 g/mol. The van der Waals surface area contributed by atoms with Crippen molar-refractivity contribution in [3.63, 3.8) is 0 Å². The number of anilines is 2. The Morgan fingerprint density at radius 2 is 1.82 bits per heavy atom. The van der Waals surface area contributed by atoms with Crippen LogP contribution in [0.25, 0.3) is 27.8 Å². The summed E-state index contributed by atoms with van der Waals surface area (Å²) in [6, 6.07) is 17.8. The summed E-state index contributed by atoms with van der Waals surface area (Å²) < 4.78 is 7.43. The normalized spacial score (nSPS) is 14.3. The fraction of sp³-hybridized carbons (Fsp3) is 0.160. The number of hydrogen-bond donors (Lipinski definition) is 1. The Balaban J connectivity index is 1.36. The molecule has 0 aliphatic carbocycles. The zero-order chi connectivity index (χ0) is 22.7. The van der Waals surface area contributed by atoms with Gasteiger partial charge in [0.05, 0.1) is 30.6 Å². The molecular formula is C25H22N8O. The van der Waals surface area contributed by atoms with E-state index in [0.717, 1.165) is 52.3 Å². The second-order valence-electron chi connectivity index (χ2n) is 7.92. The number of hydrogen-bond acceptors (Lipinski definition) is 8. The lowest BCUT2D eigenvalue weighted by molar-refractivity contribution is 0.122. The number of fused-ring (bicyclic) bond motifs is 2. The molecular weight excluding hydrogens is 428 g/mol. The van der Waals surface area contributed by atoms with E-state index in [1.165, 1.54) is 0 Å². The predicted molar refractivity (Wildman–Crippen MR) is 132 cm³/mol. The SMILES string of the molecule is C(=NNc1cc(N2CCOCC2)n2nc(-c3ccncc3)cc2n1)c1ccnc2ccccc12. The smallest absolute Gasteiger partial charge is 0.160 e. The molecule has 0 atom stereocenters. The van der Waals surface area contributed by atoms with Crippen LogP contribution < -0.4 is 10.3 Å². The summed E-state index contributed by atoms with van der Waals surface area (Å²) in [5.41, 5.74) is 7.60. The minimum atomic E-state index is 0.643. The van der Waals surface area contributed by atoms with Crippen LogP contribution in [0, 0.1) is 0 Å². The highest BCUT2D eigenvalue weighted by atomic mass is 16.5. The molecule has 168 valence electrons. The highest BCUT2D eigenvalue weighted by molar-refractivity contribution is 5.98. The standard InChI is InChI=1S/C25H22N8O/c1-2-4-21-20(3-1)19(7-10-27-21)17-28-30-23-16-25(32-11-13-34-14-12-32)33-24(29-23)15-22(31-33)18-5-8-26-9-6-18/h1-10,15-17H,11-14H2,(H,29,30). The number of ether oxygens (including phenoxy) is 1. The van der Waals surface area contributed by atoms with E-state index in [9.17, 15) is 0 Å².